The highest BCUT2D eigenvalue weighted by Crippen LogP contribution is 2.29. The van der Waals surface area contributed by atoms with E-state index in [4.69, 9.17) is 0 Å². The molecular formula is C18H21N3O2. The molecule has 5 nitrogen and oxygen atoms in total. The highest BCUT2D eigenvalue weighted by molar-refractivity contribution is 6.01. The standard InChI is InChI=1S/C18H21N3O2/c1-13-5-4-8-20(11-13)18(23)15-9-17(22)21(12-15)16-7-3-2-6-14(16)10-19/h2-3,6-7,13,15H,4-5,8-9,11-12H2,1H3. The largest absolute Gasteiger partial charge is 0.342 e. The number of amides is 2. The summed E-state index contributed by atoms with van der Waals surface area (Å²) in [5, 5.41) is 9.21. The van der Waals surface area contributed by atoms with Crippen LogP contribution in [0, 0.1) is 23.2 Å². The number of hydrogen-bond acceptors (Lipinski definition) is 3. The van der Waals surface area contributed by atoms with E-state index in [1.165, 1.54) is 0 Å². The van der Waals surface area contributed by atoms with Crippen molar-refractivity contribution in [2.75, 3.05) is 24.5 Å². The van der Waals surface area contributed by atoms with Crippen LogP contribution in [0.5, 0.6) is 0 Å². The van der Waals surface area contributed by atoms with Crippen LogP contribution in [0.2, 0.25) is 0 Å². The normalized spacial score (nSPS) is 24.6. The third-order valence-corrected chi connectivity index (χ3v) is 4.76. The van der Waals surface area contributed by atoms with Crippen LogP contribution in [0.15, 0.2) is 24.3 Å². The lowest BCUT2D eigenvalue weighted by Crippen LogP contribution is -2.43. The first-order chi connectivity index (χ1) is 11.1. The molecule has 5 heteroatoms. The summed E-state index contributed by atoms with van der Waals surface area (Å²) in [5.74, 6) is 0.248. The molecule has 2 heterocycles. The summed E-state index contributed by atoms with van der Waals surface area (Å²) in [7, 11) is 0. The molecule has 0 saturated carbocycles. The fourth-order valence-electron chi connectivity index (χ4n) is 3.56. The molecule has 3 rings (SSSR count). The molecule has 2 amide bonds. The van der Waals surface area contributed by atoms with Crippen molar-refractivity contribution in [2.45, 2.75) is 26.2 Å². The maximum atomic E-state index is 12.7. The van der Waals surface area contributed by atoms with Crippen molar-refractivity contribution in [3.8, 4) is 6.07 Å². The minimum absolute atomic E-state index is 0.0730. The molecule has 0 aliphatic carbocycles. The fourth-order valence-corrected chi connectivity index (χ4v) is 3.56. The number of piperidine rings is 1. The van der Waals surface area contributed by atoms with E-state index in [9.17, 15) is 14.9 Å². The second kappa shape index (κ2) is 6.41. The van der Waals surface area contributed by atoms with Gasteiger partial charge >= 0.3 is 0 Å². The summed E-state index contributed by atoms with van der Waals surface area (Å²) < 4.78 is 0. The van der Waals surface area contributed by atoms with Gasteiger partial charge in [-0.05, 0) is 30.9 Å². The number of carbonyl (C=O) groups is 2. The molecule has 2 saturated heterocycles. The Labute approximate surface area is 136 Å². The lowest BCUT2D eigenvalue weighted by molar-refractivity contribution is -0.137. The van der Waals surface area contributed by atoms with Crippen LogP contribution < -0.4 is 4.90 Å². The Morgan fingerprint density at radius 1 is 1.30 bits per heavy atom. The summed E-state index contributed by atoms with van der Waals surface area (Å²) in [6.07, 6.45) is 2.44. The van der Waals surface area contributed by atoms with E-state index in [-0.39, 0.29) is 24.2 Å². The number of para-hydroxylation sites is 1. The van der Waals surface area contributed by atoms with E-state index >= 15 is 0 Å². The molecule has 2 unspecified atom stereocenters. The van der Waals surface area contributed by atoms with Gasteiger partial charge in [0.2, 0.25) is 11.8 Å². The zero-order valence-corrected chi connectivity index (χ0v) is 13.4. The van der Waals surface area contributed by atoms with E-state index in [0.29, 0.717) is 23.7 Å². The SMILES string of the molecule is CC1CCCN(C(=O)C2CC(=O)N(c3ccccc3C#N)C2)C1. The van der Waals surface area contributed by atoms with Crippen molar-refractivity contribution < 1.29 is 9.59 Å². The van der Waals surface area contributed by atoms with E-state index in [1.54, 1.807) is 23.1 Å². The van der Waals surface area contributed by atoms with Gasteiger partial charge in [0, 0.05) is 26.1 Å². The van der Waals surface area contributed by atoms with Gasteiger partial charge in [-0.25, -0.2) is 0 Å². The summed E-state index contributed by atoms with van der Waals surface area (Å²) in [4.78, 5) is 28.6. The van der Waals surface area contributed by atoms with Gasteiger partial charge in [0.1, 0.15) is 6.07 Å². The molecule has 0 radical (unpaired) electrons. The van der Waals surface area contributed by atoms with Crippen molar-refractivity contribution >= 4 is 17.5 Å². The topological polar surface area (TPSA) is 64.4 Å². The highest BCUT2D eigenvalue weighted by Gasteiger charge is 2.38. The number of nitriles is 1. The van der Waals surface area contributed by atoms with Crippen LogP contribution in [0.3, 0.4) is 0 Å². The molecule has 2 aliphatic heterocycles. The quantitative estimate of drug-likeness (QED) is 0.841. The minimum Gasteiger partial charge on any atom is -0.342 e. The molecule has 2 atom stereocenters. The molecular weight excluding hydrogens is 290 g/mol. The minimum atomic E-state index is -0.292. The summed E-state index contributed by atoms with van der Waals surface area (Å²) in [5.41, 5.74) is 1.09. The Morgan fingerprint density at radius 2 is 2.09 bits per heavy atom. The zero-order valence-electron chi connectivity index (χ0n) is 13.4. The number of carbonyl (C=O) groups excluding carboxylic acids is 2. The van der Waals surface area contributed by atoms with E-state index in [2.05, 4.69) is 13.0 Å². The van der Waals surface area contributed by atoms with E-state index in [0.717, 1.165) is 25.9 Å². The number of rotatable bonds is 2. The molecule has 0 N–H and O–H groups in total. The maximum Gasteiger partial charge on any atom is 0.228 e. The average molecular weight is 311 g/mol. The van der Waals surface area contributed by atoms with Crippen molar-refractivity contribution in [3.05, 3.63) is 29.8 Å². The van der Waals surface area contributed by atoms with Gasteiger partial charge in [-0.2, -0.15) is 5.26 Å². The van der Waals surface area contributed by atoms with Gasteiger partial charge in [-0.15, -0.1) is 0 Å². The predicted molar refractivity (Wildman–Crippen MR) is 86.6 cm³/mol. The first-order valence-electron chi connectivity index (χ1n) is 8.18. The second-order valence-corrected chi connectivity index (χ2v) is 6.57. The maximum absolute atomic E-state index is 12.7. The lowest BCUT2D eigenvalue weighted by atomic mass is 9.98. The molecule has 0 bridgehead atoms. The van der Waals surface area contributed by atoms with Crippen LogP contribution >= 0.6 is 0 Å². The van der Waals surface area contributed by atoms with Gasteiger partial charge in [-0.3, -0.25) is 9.59 Å². The summed E-state index contributed by atoms with van der Waals surface area (Å²) in [6.45, 7) is 4.12. The average Bonchev–Trinajstić information content (AvgIpc) is 2.95. The summed E-state index contributed by atoms with van der Waals surface area (Å²) in [6, 6.07) is 9.17. The Morgan fingerprint density at radius 3 is 2.83 bits per heavy atom. The Kier molecular flexibility index (Phi) is 4.33. The molecule has 2 fully saturated rings. The predicted octanol–water partition coefficient (Wildman–Crippen LogP) is 2.17. The molecule has 2 aliphatic rings. The van der Waals surface area contributed by atoms with Crippen molar-refractivity contribution in [1.82, 2.24) is 4.90 Å². The molecule has 120 valence electrons. The number of nitrogens with zero attached hydrogens (tertiary/aromatic N) is 3. The number of anilines is 1. The second-order valence-electron chi connectivity index (χ2n) is 6.57. The Hall–Kier alpha value is -2.35. The van der Waals surface area contributed by atoms with Crippen LogP contribution in [0.4, 0.5) is 5.69 Å². The van der Waals surface area contributed by atoms with Crippen LogP contribution in [-0.4, -0.2) is 36.3 Å². The molecule has 0 spiro atoms. The Bertz CT molecular complexity index is 664. The molecule has 1 aromatic carbocycles. The lowest BCUT2D eigenvalue weighted by Gasteiger charge is -2.32. The van der Waals surface area contributed by atoms with Gasteiger partial charge in [0.05, 0.1) is 17.2 Å². The highest BCUT2D eigenvalue weighted by atomic mass is 16.2. The van der Waals surface area contributed by atoms with Crippen molar-refractivity contribution in [3.63, 3.8) is 0 Å². The number of hydrogen-bond donors (Lipinski definition) is 0. The smallest absolute Gasteiger partial charge is 0.228 e. The van der Waals surface area contributed by atoms with Gasteiger partial charge in [-0.1, -0.05) is 19.1 Å². The molecule has 23 heavy (non-hydrogen) atoms. The van der Waals surface area contributed by atoms with Crippen molar-refractivity contribution in [1.29, 1.82) is 5.26 Å². The first kappa shape index (κ1) is 15.5. The van der Waals surface area contributed by atoms with Crippen LogP contribution in [-0.2, 0) is 9.59 Å². The molecule has 0 aromatic heterocycles. The fraction of sp³-hybridized carbons (Fsp3) is 0.500. The number of benzene rings is 1. The van der Waals surface area contributed by atoms with E-state index < -0.39 is 0 Å². The number of likely N-dealkylation sites (tertiary alicyclic amines) is 1. The van der Waals surface area contributed by atoms with Gasteiger partial charge in [0.25, 0.3) is 0 Å². The van der Waals surface area contributed by atoms with Gasteiger partial charge < -0.3 is 9.80 Å². The first-order valence-corrected chi connectivity index (χ1v) is 8.18. The summed E-state index contributed by atoms with van der Waals surface area (Å²) >= 11 is 0. The third kappa shape index (κ3) is 3.07. The third-order valence-electron chi connectivity index (χ3n) is 4.76. The zero-order chi connectivity index (χ0) is 16.4. The van der Waals surface area contributed by atoms with E-state index in [1.807, 2.05) is 11.0 Å². The van der Waals surface area contributed by atoms with Crippen LogP contribution in [0.25, 0.3) is 0 Å². The van der Waals surface area contributed by atoms with Gasteiger partial charge in [0.15, 0.2) is 0 Å². The van der Waals surface area contributed by atoms with Crippen LogP contribution in [0.1, 0.15) is 31.7 Å². The van der Waals surface area contributed by atoms with Crippen molar-refractivity contribution in [2.24, 2.45) is 11.8 Å². The molecule has 1 aromatic rings. The Balaban J connectivity index is 1.75. The monoisotopic (exact) mass is 311 g/mol.